The molecule has 0 radical (unpaired) electrons. The lowest BCUT2D eigenvalue weighted by atomic mass is 10.0. The molecule has 17 heteroatoms. The molecule has 0 saturated carbocycles. The quantitative estimate of drug-likeness (QED) is 0.253. The molecule has 2 saturated heterocycles. The SMILES string of the molecule is CC(=O)N1CC[C@H]2CC[C@@H](C(=O)N(C)c3ccc4nnccc4c3)N2C(=O)C(NC(=O)c2ccc3cnc(C(F)(F)P(=O)(O)O)cc3c2)C1. The average Bonchev–Trinajstić information content (AvgIpc) is 3.49. The second-order valence-corrected chi connectivity index (χ2v) is 13.8. The Labute approximate surface area is 278 Å². The predicted octanol–water partition coefficient (Wildman–Crippen LogP) is 2.78. The Morgan fingerprint density at radius 2 is 1.80 bits per heavy atom. The summed E-state index contributed by atoms with van der Waals surface area (Å²) >= 11 is 0. The van der Waals surface area contributed by atoms with Crippen LogP contribution < -0.4 is 10.2 Å². The van der Waals surface area contributed by atoms with Crippen molar-refractivity contribution in [1.29, 1.82) is 0 Å². The molecule has 256 valence electrons. The number of likely N-dealkylation sites (N-methyl/N-ethyl adjacent to an activating group) is 1. The average molecular weight is 696 g/mol. The van der Waals surface area contributed by atoms with Crippen molar-refractivity contribution >= 4 is 58.6 Å². The zero-order valence-electron chi connectivity index (χ0n) is 26.4. The van der Waals surface area contributed by atoms with E-state index in [2.05, 4.69) is 20.5 Å². The lowest BCUT2D eigenvalue weighted by Crippen LogP contribution is -2.61. The minimum absolute atomic E-state index is 0.0419. The molecule has 2 aliphatic heterocycles. The second kappa shape index (κ2) is 12.8. The van der Waals surface area contributed by atoms with Crippen LogP contribution in [0.3, 0.4) is 0 Å². The summed E-state index contributed by atoms with van der Waals surface area (Å²) in [5.41, 5.74) is -4.52. The summed E-state index contributed by atoms with van der Waals surface area (Å²) in [5, 5.41) is 11.8. The van der Waals surface area contributed by atoms with Crippen molar-refractivity contribution in [3.8, 4) is 0 Å². The molecular formula is C32H32F2N7O7P. The number of amides is 4. The number of fused-ring (bicyclic) bond motifs is 3. The zero-order chi connectivity index (χ0) is 35.2. The van der Waals surface area contributed by atoms with E-state index in [9.17, 15) is 32.5 Å². The molecule has 14 nitrogen and oxygen atoms in total. The number of nitrogens with zero attached hydrogens (tertiary/aromatic N) is 6. The third-order valence-corrected chi connectivity index (χ3v) is 10.1. The number of rotatable bonds is 6. The van der Waals surface area contributed by atoms with Crippen molar-refractivity contribution in [2.45, 2.75) is 50.0 Å². The molecule has 4 amide bonds. The molecule has 1 unspecified atom stereocenters. The van der Waals surface area contributed by atoms with Gasteiger partial charge in [0.15, 0.2) is 0 Å². The number of carbonyl (C=O) groups is 4. The van der Waals surface area contributed by atoms with Gasteiger partial charge in [-0.25, -0.2) is 0 Å². The standard InChI is InChI=1S/C32H32F2N7O7P/c1-18(42)40-12-10-23-6-8-27(31(45)39(2)24-5-7-25-19(14-24)9-11-36-38-25)41(23)30(44)26(17-40)37-29(43)20-3-4-21-16-35-28(15-22(21)13-20)32(33,34)49(46,47)48/h3-5,7,9,11,13-16,23,26-27H,6,8,10,12,17H2,1-2H3,(H,37,43)(H2,46,47,48)/t23-,26?,27+/m1/s1. The van der Waals surface area contributed by atoms with Crippen LogP contribution in [0.4, 0.5) is 14.5 Å². The Hall–Kier alpha value is -4.92. The molecule has 6 rings (SSSR count). The van der Waals surface area contributed by atoms with Gasteiger partial charge in [0.25, 0.3) is 5.91 Å². The summed E-state index contributed by atoms with van der Waals surface area (Å²) in [7, 11) is -4.27. The van der Waals surface area contributed by atoms with E-state index >= 15 is 0 Å². The van der Waals surface area contributed by atoms with Crippen molar-refractivity contribution in [2.75, 3.05) is 25.0 Å². The van der Waals surface area contributed by atoms with Gasteiger partial charge in [0.05, 0.1) is 11.7 Å². The Kier molecular flexibility index (Phi) is 8.90. The van der Waals surface area contributed by atoms with E-state index in [1.807, 2.05) is 0 Å². The Bertz CT molecular complexity index is 2040. The van der Waals surface area contributed by atoms with Gasteiger partial charge >= 0.3 is 13.3 Å². The molecule has 0 aliphatic carbocycles. The lowest BCUT2D eigenvalue weighted by Gasteiger charge is -2.39. The minimum atomic E-state index is -5.89. The first kappa shape index (κ1) is 34.0. The number of benzene rings is 2. The first-order chi connectivity index (χ1) is 23.2. The maximum atomic E-state index is 14.4. The highest BCUT2D eigenvalue weighted by molar-refractivity contribution is 7.52. The highest BCUT2D eigenvalue weighted by Crippen LogP contribution is 2.58. The van der Waals surface area contributed by atoms with E-state index in [0.717, 1.165) is 17.6 Å². The minimum Gasteiger partial charge on any atom is -0.340 e. The first-order valence-corrected chi connectivity index (χ1v) is 17.0. The highest BCUT2D eigenvalue weighted by Gasteiger charge is 2.52. The molecular weight excluding hydrogens is 663 g/mol. The number of alkyl halides is 2. The van der Waals surface area contributed by atoms with Gasteiger partial charge in [-0.1, -0.05) is 6.07 Å². The summed E-state index contributed by atoms with van der Waals surface area (Å²) < 4.78 is 40.1. The van der Waals surface area contributed by atoms with Crippen LogP contribution >= 0.6 is 7.60 Å². The molecule has 4 aromatic rings. The van der Waals surface area contributed by atoms with Gasteiger partial charge in [0, 0.05) is 61.3 Å². The number of anilines is 1. The van der Waals surface area contributed by atoms with Crippen molar-refractivity contribution in [3.05, 3.63) is 72.2 Å². The molecule has 3 N–H and O–H groups in total. The molecule has 2 fully saturated rings. The Balaban J connectivity index is 1.27. The highest BCUT2D eigenvalue weighted by atomic mass is 31.2. The number of aromatic nitrogens is 3. The van der Waals surface area contributed by atoms with Crippen molar-refractivity contribution in [3.63, 3.8) is 0 Å². The lowest BCUT2D eigenvalue weighted by molar-refractivity contribution is -0.144. The van der Waals surface area contributed by atoms with Gasteiger partial charge in [-0.2, -0.15) is 19.0 Å². The summed E-state index contributed by atoms with van der Waals surface area (Å²) in [6.45, 7) is 1.48. The maximum Gasteiger partial charge on any atom is 0.401 e. The predicted molar refractivity (Wildman–Crippen MR) is 172 cm³/mol. The molecule has 0 spiro atoms. The number of hydrogen-bond donors (Lipinski definition) is 3. The number of halogens is 2. The summed E-state index contributed by atoms with van der Waals surface area (Å²) in [4.78, 5) is 80.5. The Morgan fingerprint density at radius 3 is 2.53 bits per heavy atom. The third-order valence-electron chi connectivity index (χ3n) is 9.10. The van der Waals surface area contributed by atoms with Crippen molar-refractivity contribution in [2.24, 2.45) is 0 Å². The number of pyridine rings is 1. The fourth-order valence-electron chi connectivity index (χ4n) is 6.38. The molecule has 4 heterocycles. The molecule has 3 atom stereocenters. The van der Waals surface area contributed by atoms with Gasteiger partial charge < -0.3 is 29.8 Å². The number of carbonyl (C=O) groups excluding carboxylic acids is 4. The largest absolute Gasteiger partial charge is 0.401 e. The monoisotopic (exact) mass is 695 g/mol. The van der Waals surface area contributed by atoms with E-state index in [1.54, 1.807) is 37.5 Å². The van der Waals surface area contributed by atoms with Gasteiger partial charge in [-0.3, -0.25) is 28.7 Å². The first-order valence-electron chi connectivity index (χ1n) is 15.4. The van der Waals surface area contributed by atoms with E-state index in [-0.39, 0.29) is 41.9 Å². The van der Waals surface area contributed by atoms with Crippen LogP contribution in [0.5, 0.6) is 0 Å². The maximum absolute atomic E-state index is 14.4. The van der Waals surface area contributed by atoms with E-state index < -0.39 is 42.9 Å². The third kappa shape index (κ3) is 6.46. The van der Waals surface area contributed by atoms with Crippen molar-refractivity contribution < 1.29 is 42.3 Å². The van der Waals surface area contributed by atoms with E-state index in [1.165, 1.54) is 39.8 Å². The van der Waals surface area contributed by atoms with E-state index in [0.29, 0.717) is 35.9 Å². The van der Waals surface area contributed by atoms with Crippen LogP contribution in [0.1, 0.15) is 42.2 Å². The summed E-state index contributed by atoms with van der Waals surface area (Å²) in [6, 6.07) is 9.41. The van der Waals surface area contributed by atoms with Crippen LogP contribution in [-0.4, -0.2) is 96.7 Å². The topological polar surface area (TPSA) is 186 Å². The van der Waals surface area contributed by atoms with Crippen LogP contribution in [0.15, 0.2) is 60.9 Å². The fraction of sp³-hybridized carbons (Fsp3) is 0.344. The second-order valence-electron chi connectivity index (χ2n) is 12.2. The van der Waals surface area contributed by atoms with E-state index in [4.69, 9.17) is 9.79 Å². The van der Waals surface area contributed by atoms with Crippen LogP contribution in [0.25, 0.3) is 21.7 Å². The molecule has 2 aromatic heterocycles. The normalized spacial score (nSPS) is 20.1. The zero-order valence-corrected chi connectivity index (χ0v) is 27.3. The van der Waals surface area contributed by atoms with Crippen LogP contribution in [0, 0.1) is 0 Å². The van der Waals surface area contributed by atoms with Gasteiger partial charge in [0.1, 0.15) is 17.8 Å². The molecule has 2 aliphatic rings. The van der Waals surface area contributed by atoms with Crippen molar-refractivity contribution in [1.82, 2.24) is 30.3 Å². The van der Waals surface area contributed by atoms with Gasteiger partial charge in [-0.05, 0) is 67.1 Å². The van der Waals surface area contributed by atoms with Gasteiger partial charge in [-0.15, -0.1) is 0 Å². The summed E-state index contributed by atoms with van der Waals surface area (Å²) in [5.74, 6) is -1.93. The smallest absolute Gasteiger partial charge is 0.340 e. The number of nitrogens with one attached hydrogen (secondary N) is 1. The van der Waals surface area contributed by atoms with Crippen LogP contribution in [0.2, 0.25) is 0 Å². The Morgan fingerprint density at radius 1 is 1.02 bits per heavy atom. The fourth-order valence-corrected chi connectivity index (χ4v) is 6.80. The van der Waals surface area contributed by atoms with Crippen LogP contribution in [-0.2, 0) is 24.6 Å². The summed E-state index contributed by atoms with van der Waals surface area (Å²) in [6.07, 6.45) is 3.88. The van der Waals surface area contributed by atoms with Gasteiger partial charge in [0.2, 0.25) is 17.7 Å². The molecule has 2 aromatic carbocycles. The molecule has 0 bridgehead atoms. The molecule has 49 heavy (non-hydrogen) atoms. The number of hydrogen-bond acceptors (Lipinski definition) is 8.